The van der Waals surface area contributed by atoms with Crippen LogP contribution in [0.4, 0.5) is 5.69 Å². The number of amides is 1. The highest BCUT2D eigenvalue weighted by Crippen LogP contribution is 2.38. The summed E-state index contributed by atoms with van der Waals surface area (Å²) in [5.74, 6) is 0.0306. The minimum absolute atomic E-state index is 0.0306. The molecule has 1 aromatic heterocycles. The first-order valence-electron chi connectivity index (χ1n) is 8.08. The molecule has 2 N–H and O–H groups in total. The van der Waals surface area contributed by atoms with Gasteiger partial charge in [-0.1, -0.05) is 33.6 Å². The van der Waals surface area contributed by atoms with Crippen LogP contribution in [-0.4, -0.2) is 33.7 Å². The lowest BCUT2D eigenvalue weighted by atomic mass is 9.74. The van der Waals surface area contributed by atoms with Crippen molar-refractivity contribution in [3.8, 4) is 0 Å². The summed E-state index contributed by atoms with van der Waals surface area (Å²) in [6.07, 6.45) is 5.31. The lowest BCUT2D eigenvalue weighted by molar-refractivity contribution is 0.0549. The molecule has 1 amide bonds. The number of hydrogen-bond donors (Lipinski definition) is 1. The van der Waals surface area contributed by atoms with E-state index in [1.165, 1.54) is 12.8 Å². The van der Waals surface area contributed by atoms with E-state index in [2.05, 4.69) is 18.9 Å². The maximum absolute atomic E-state index is 12.7. The third kappa shape index (κ3) is 2.78. The van der Waals surface area contributed by atoms with E-state index in [0.29, 0.717) is 16.8 Å². The van der Waals surface area contributed by atoms with Gasteiger partial charge in [-0.05, 0) is 24.7 Å². The number of anilines is 1. The number of aromatic nitrogens is 2. The quantitative estimate of drug-likeness (QED) is 0.927. The molecule has 0 radical (unpaired) electrons. The van der Waals surface area contributed by atoms with Crippen LogP contribution in [0.2, 0.25) is 0 Å². The van der Waals surface area contributed by atoms with E-state index in [9.17, 15) is 4.79 Å². The Bertz CT molecular complexity index is 507. The van der Waals surface area contributed by atoms with Crippen LogP contribution in [0.3, 0.4) is 0 Å². The van der Waals surface area contributed by atoms with Crippen LogP contribution < -0.4 is 5.73 Å². The number of likely N-dealkylation sites (tertiary alicyclic amines) is 1. The van der Waals surface area contributed by atoms with Crippen molar-refractivity contribution in [1.29, 1.82) is 0 Å². The lowest BCUT2D eigenvalue weighted by Crippen LogP contribution is -2.43. The monoisotopic (exact) mass is 292 g/mol. The molecule has 2 rings (SSSR count). The Morgan fingerprint density at radius 2 is 1.81 bits per heavy atom. The average Bonchev–Trinajstić information content (AvgIpc) is 2.81. The lowest BCUT2D eigenvalue weighted by Gasteiger charge is -2.41. The van der Waals surface area contributed by atoms with Gasteiger partial charge >= 0.3 is 0 Å². The van der Waals surface area contributed by atoms with Gasteiger partial charge in [0.2, 0.25) is 0 Å². The van der Waals surface area contributed by atoms with Crippen molar-refractivity contribution < 1.29 is 4.79 Å². The molecule has 1 saturated heterocycles. The number of nitrogens with zero attached hydrogens (tertiary/aromatic N) is 3. The van der Waals surface area contributed by atoms with Crippen molar-refractivity contribution in [2.24, 2.45) is 12.5 Å². The fourth-order valence-corrected chi connectivity index (χ4v) is 3.40. The number of nitrogen functional groups attached to an aromatic ring is 1. The first-order chi connectivity index (χ1) is 9.98. The molecule has 1 fully saturated rings. The number of nitrogens with two attached hydrogens (primary N) is 1. The Hall–Kier alpha value is -1.52. The summed E-state index contributed by atoms with van der Waals surface area (Å²) in [5.41, 5.74) is 8.43. The summed E-state index contributed by atoms with van der Waals surface area (Å²) in [6, 6.07) is 0. The molecule has 0 unspecified atom stereocenters. The molecular weight excluding hydrogens is 264 g/mol. The van der Waals surface area contributed by atoms with E-state index in [1.807, 2.05) is 11.8 Å². The second kappa shape index (κ2) is 6.08. The standard InChI is InChI=1S/C16H28N4O/c1-5-12-13(17)14(19(4)18-12)15(21)20-10-8-16(6-2,7-3)9-11-20/h5-11,17H2,1-4H3. The van der Waals surface area contributed by atoms with Gasteiger partial charge in [-0.25, -0.2) is 0 Å². The van der Waals surface area contributed by atoms with Crippen LogP contribution >= 0.6 is 0 Å². The Morgan fingerprint density at radius 1 is 1.24 bits per heavy atom. The van der Waals surface area contributed by atoms with E-state index in [0.717, 1.165) is 38.0 Å². The normalized spacial score (nSPS) is 18.0. The first kappa shape index (κ1) is 15.9. The fraction of sp³-hybridized carbons (Fsp3) is 0.750. The molecule has 1 aliphatic heterocycles. The van der Waals surface area contributed by atoms with Crippen molar-refractivity contribution in [1.82, 2.24) is 14.7 Å². The van der Waals surface area contributed by atoms with Crippen molar-refractivity contribution in [3.05, 3.63) is 11.4 Å². The SMILES string of the molecule is CCc1nn(C)c(C(=O)N2CCC(CC)(CC)CC2)c1N. The van der Waals surface area contributed by atoms with E-state index < -0.39 is 0 Å². The van der Waals surface area contributed by atoms with Gasteiger partial charge < -0.3 is 10.6 Å². The molecule has 0 aromatic carbocycles. The number of carbonyl (C=O) groups excluding carboxylic acids is 1. The van der Waals surface area contributed by atoms with E-state index in [1.54, 1.807) is 11.7 Å². The molecule has 1 aromatic rings. The summed E-state index contributed by atoms with van der Waals surface area (Å²) in [5, 5.41) is 4.35. The zero-order valence-electron chi connectivity index (χ0n) is 13.8. The van der Waals surface area contributed by atoms with Crippen LogP contribution in [0.15, 0.2) is 0 Å². The second-order valence-corrected chi connectivity index (χ2v) is 6.19. The van der Waals surface area contributed by atoms with Gasteiger partial charge in [0.25, 0.3) is 5.91 Å². The van der Waals surface area contributed by atoms with Crippen LogP contribution in [0.25, 0.3) is 0 Å². The Kier molecular flexibility index (Phi) is 4.59. The average molecular weight is 292 g/mol. The van der Waals surface area contributed by atoms with Gasteiger partial charge in [-0.3, -0.25) is 9.48 Å². The Morgan fingerprint density at radius 3 is 2.24 bits per heavy atom. The van der Waals surface area contributed by atoms with Crippen LogP contribution in [0, 0.1) is 5.41 Å². The van der Waals surface area contributed by atoms with Crippen LogP contribution in [-0.2, 0) is 13.5 Å². The zero-order valence-corrected chi connectivity index (χ0v) is 13.8. The molecule has 5 heteroatoms. The molecule has 2 heterocycles. The second-order valence-electron chi connectivity index (χ2n) is 6.19. The summed E-state index contributed by atoms with van der Waals surface area (Å²) < 4.78 is 1.64. The van der Waals surface area contributed by atoms with Crippen molar-refractivity contribution >= 4 is 11.6 Å². The zero-order chi connectivity index (χ0) is 15.6. The molecule has 0 saturated carbocycles. The molecule has 0 spiro atoms. The summed E-state index contributed by atoms with van der Waals surface area (Å²) in [4.78, 5) is 14.7. The topological polar surface area (TPSA) is 64.2 Å². The predicted molar refractivity (Wildman–Crippen MR) is 85.2 cm³/mol. The van der Waals surface area contributed by atoms with Crippen molar-refractivity contribution in [3.63, 3.8) is 0 Å². The largest absolute Gasteiger partial charge is 0.395 e. The van der Waals surface area contributed by atoms with Gasteiger partial charge in [0.15, 0.2) is 0 Å². The molecule has 5 nitrogen and oxygen atoms in total. The highest BCUT2D eigenvalue weighted by molar-refractivity contribution is 5.98. The van der Waals surface area contributed by atoms with Crippen molar-refractivity contribution in [2.75, 3.05) is 18.8 Å². The molecule has 0 aliphatic carbocycles. The van der Waals surface area contributed by atoms with E-state index in [-0.39, 0.29) is 5.91 Å². The van der Waals surface area contributed by atoms with Crippen LogP contribution in [0.5, 0.6) is 0 Å². The van der Waals surface area contributed by atoms with Crippen molar-refractivity contribution in [2.45, 2.75) is 52.9 Å². The number of carbonyl (C=O) groups is 1. The van der Waals surface area contributed by atoms with E-state index >= 15 is 0 Å². The number of hydrogen-bond acceptors (Lipinski definition) is 3. The Balaban J connectivity index is 2.14. The molecule has 1 aliphatic rings. The number of aryl methyl sites for hydroxylation is 2. The number of rotatable bonds is 4. The molecular formula is C16H28N4O. The molecule has 0 atom stereocenters. The van der Waals surface area contributed by atoms with Gasteiger partial charge in [-0.2, -0.15) is 5.10 Å². The van der Waals surface area contributed by atoms with Gasteiger partial charge in [0.1, 0.15) is 5.69 Å². The summed E-state index contributed by atoms with van der Waals surface area (Å²) in [7, 11) is 1.80. The molecule has 0 bridgehead atoms. The minimum atomic E-state index is 0.0306. The summed E-state index contributed by atoms with van der Waals surface area (Å²) >= 11 is 0. The predicted octanol–water partition coefficient (Wildman–Crippen LogP) is 2.61. The van der Waals surface area contributed by atoms with Gasteiger partial charge in [-0.15, -0.1) is 0 Å². The summed E-state index contributed by atoms with van der Waals surface area (Å²) in [6.45, 7) is 8.17. The smallest absolute Gasteiger partial charge is 0.274 e. The maximum atomic E-state index is 12.7. The minimum Gasteiger partial charge on any atom is -0.395 e. The van der Waals surface area contributed by atoms with E-state index in [4.69, 9.17) is 5.73 Å². The van der Waals surface area contributed by atoms with Crippen LogP contribution in [0.1, 0.15) is 62.6 Å². The maximum Gasteiger partial charge on any atom is 0.274 e. The third-order valence-corrected chi connectivity index (χ3v) is 5.31. The number of piperidine rings is 1. The van der Waals surface area contributed by atoms with Gasteiger partial charge in [0, 0.05) is 20.1 Å². The highest BCUT2D eigenvalue weighted by Gasteiger charge is 2.34. The molecule has 118 valence electrons. The fourth-order valence-electron chi connectivity index (χ4n) is 3.40. The van der Waals surface area contributed by atoms with Gasteiger partial charge in [0.05, 0.1) is 11.4 Å². The third-order valence-electron chi connectivity index (χ3n) is 5.31. The first-order valence-corrected chi connectivity index (χ1v) is 8.08. The highest BCUT2D eigenvalue weighted by atomic mass is 16.2. The Labute approximate surface area is 127 Å². The molecule has 21 heavy (non-hydrogen) atoms.